The molecule has 0 fully saturated rings. The van der Waals surface area contributed by atoms with E-state index in [4.69, 9.17) is 0 Å². The third-order valence-electron chi connectivity index (χ3n) is 3.89. The van der Waals surface area contributed by atoms with Crippen molar-refractivity contribution in [2.45, 2.75) is 33.6 Å². The number of carbonyl (C=O) groups excluding carboxylic acids is 2. The standard InChI is InChI=1S/C19H22N2O2/c1-12(2)15-8-10-16(11-9-15)20-18(22)19(23)21-17-7-5-6-13(3)14(17)4/h5-12H,1-4H3,(H,20,22)(H,21,23). The van der Waals surface area contributed by atoms with Gasteiger partial charge in [0.05, 0.1) is 0 Å². The number of hydrogen-bond donors (Lipinski definition) is 2. The first-order valence-corrected chi connectivity index (χ1v) is 7.67. The topological polar surface area (TPSA) is 58.2 Å². The molecule has 2 N–H and O–H groups in total. The summed E-state index contributed by atoms with van der Waals surface area (Å²) in [6, 6.07) is 13.1. The van der Waals surface area contributed by atoms with E-state index in [0.29, 0.717) is 17.3 Å². The fourth-order valence-corrected chi connectivity index (χ4v) is 2.20. The minimum Gasteiger partial charge on any atom is -0.318 e. The van der Waals surface area contributed by atoms with E-state index < -0.39 is 11.8 Å². The summed E-state index contributed by atoms with van der Waals surface area (Å²) in [5.74, 6) is -0.929. The fourth-order valence-electron chi connectivity index (χ4n) is 2.20. The Bertz CT molecular complexity index is 719. The van der Waals surface area contributed by atoms with E-state index in [1.54, 1.807) is 18.2 Å². The monoisotopic (exact) mass is 310 g/mol. The molecule has 0 saturated carbocycles. The third kappa shape index (κ3) is 4.19. The van der Waals surface area contributed by atoms with Crippen molar-refractivity contribution in [2.24, 2.45) is 0 Å². The number of amides is 2. The number of aryl methyl sites for hydroxylation is 1. The van der Waals surface area contributed by atoms with Gasteiger partial charge in [0.1, 0.15) is 0 Å². The second-order valence-electron chi connectivity index (χ2n) is 5.93. The maximum absolute atomic E-state index is 12.0. The zero-order chi connectivity index (χ0) is 17.0. The number of nitrogens with one attached hydrogen (secondary N) is 2. The number of anilines is 2. The van der Waals surface area contributed by atoms with Crippen molar-refractivity contribution in [1.82, 2.24) is 0 Å². The average molecular weight is 310 g/mol. The van der Waals surface area contributed by atoms with Crippen molar-refractivity contribution >= 4 is 23.2 Å². The second kappa shape index (κ2) is 7.09. The molecule has 2 rings (SSSR count). The zero-order valence-electron chi connectivity index (χ0n) is 13.9. The van der Waals surface area contributed by atoms with Crippen LogP contribution in [0.5, 0.6) is 0 Å². The molecule has 0 atom stereocenters. The van der Waals surface area contributed by atoms with E-state index in [2.05, 4.69) is 24.5 Å². The Kier molecular flexibility index (Phi) is 5.16. The maximum Gasteiger partial charge on any atom is 0.314 e. The maximum atomic E-state index is 12.0. The minimum atomic E-state index is -0.678. The predicted molar refractivity (Wildman–Crippen MR) is 93.7 cm³/mol. The van der Waals surface area contributed by atoms with Crippen molar-refractivity contribution in [1.29, 1.82) is 0 Å². The molecule has 0 aliphatic heterocycles. The van der Waals surface area contributed by atoms with Crippen molar-refractivity contribution in [3.8, 4) is 0 Å². The van der Waals surface area contributed by atoms with E-state index in [9.17, 15) is 9.59 Å². The van der Waals surface area contributed by atoms with Crippen LogP contribution in [0.15, 0.2) is 42.5 Å². The average Bonchev–Trinajstić information content (AvgIpc) is 2.52. The molecule has 23 heavy (non-hydrogen) atoms. The van der Waals surface area contributed by atoms with E-state index in [1.165, 1.54) is 5.56 Å². The molecule has 2 amide bonds. The molecule has 4 heteroatoms. The molecule has 0 aliphatic rings. The smallest absolute Gasteiger partial charge is 0.314 e. The number of carbonyl (C=O) groups is 2. The Morgan fingerprint density at radius 3 is 2.09 bits per heavy atom. The van der Waals surface area contributed by atoms with Crippen LogP contribution in [0.2, 0.25) is 0 Å². The highest BCUT2D eigenvalue weighted by molar-refractivity contribution is 6.43. The molecule has 2 aromatic rings. The highest BCUT2D eigenvalue weighted by Gasteiger charge is 2.15. The van der Waals surface area contributed by atoms with Crippen LogP contribution < -0.4 is 10.6 Å². The molecule has 120 valence electrons. The fraction of sp³-hybridized carbons (Fsp3) is 0.263. The first kappa shape index (κ1) is 16.7. The lowest BCUT2D eigenvalue weighted by Crippen LogP contribution is -2.29. The molecule has 0 spiro atoms. The molecule has 0 aromatic heterocycles. The first-order valence-electron chi connectivity index (χ1n) is 7.67. The van der Waals surface area contributed by atoms with E-state index in [-0.39, 0.29) is 0 Å². The van der Waals surface area contributed by atoms with E-state index >= 15 is 0 Å². The van der Waals surface area contributed by atoms with Gasteiger partial charge < -0.3 is 10.6 Å². The second-order valence-corrected chi connectivity index (χ2v) is 5.93. The molecule has 0 aliphatic carbocycles. The summed E-state index contributed by atoms with van der Waals surface area (Å²) in [5.41, 5.74) is 4.46. The summed E-state index contributed by atoms with van der Waals surface area (Å²) >= 11 is 0. The van der Waals surface area contributed by atoms with Crippen molar-refractivity contribution < 1.29 is 9.59 Å². The molecule has 0 saturated heterocycles. The first-order chi connectivity index (χ1) is 10.9. The molecule has 0 radical (unpaired) electrons. The van der Waals surface area contributed by atoms with Crippen molar-refractivity contribution in [3.05, 3.63) is 59.2 Å². The summed E-state index contributed by atoms with van der Waals surface area (Å²) < 4.78 is 0. The van der Waals surface area contributed by atoms with Crippen LogP contribution >= 0.6 is 0 Å². The van der Waals surface area contributed by atoms with Gasteiger partial charge in [-0.15, -0.1) is 0 Å². The lowest BCUT2D eigenvalue weighted by molar-refractivity contribution is -0.133. The van der Waals surface area contributed by atoms with Gasteiger partial charge >= 0.3 is 11.8 Å². The normalized spacial score (nSPS) is 10.5. The molecule has 0 heterocycles. The number of hydrogen-bond acceptors (Lipinski definition) is 2. The lowest BCUT2D eigenvalue weighted by atomic mass is 10.0. The Morgan fingerprint density at radius 1 is 0.870 bits per heavy atom. The van der Waals surface area contributed by atoms with Gasteiger partial charge in [0.2, 0.25) is 0 Å². The van der Waals surface area contributed by atoms with Crippen LogP contribution in [0.1, 0.15) is 36.5 Å². The third-order valence-corrected chi connectivity index (χ3v) is 3.89. The van der Waals surface area contributed by atoms with Crippen LogP contribution in [0.3, 0.4) is 0 Å². The molecular formula is C19H22N2O2. The predicted octanol–water partition coefficient (Wildman–Crippen LogP) is 4.00. The van der Waals surface area contributed by atoms with E-state index in [0.717, 1.165) is 11.1 Å². The van der Waals surface area contributed by atoms with Gasteiger partial charge in [0.25, 0.3) is 0 Å². The lowest BCUT2D eigenvalue weighted by Gasteiger charge is -2.11. The Hall–Kier alpha value is -2.62. The van der Waals surface area contributed by atoms with Crippen LogP contribution in [0.4, 0.5) is 11.4 Å². The number of benzene rings is 2. The summed E-state index contributed by atoms with van der Waals surface area (Å²) in [7, 11) is 0. The van der Waals surface area contributed by atoms with Gasteiger partial charge in [-0.05, 0) is 54.7 Å². The van der Waals surface area contributed by atoms with Crippen LogP contribution in [-0.2, 0) is 9.59 Å². The van der Waals surface area contributed by atoms with Crippen LogP contribution in [-0.4, -0.2) is 11.8 Å². The van der Waals surface area contributed by atoms with Gasteiger partial charge in [-0.1, -0.05) is 38.1 Å². The summed E-state index contributed by atoms with van der Waals surface area (Å²) in [4.78, 5) is 24.0. The van der Waals surface area contributed by atoms with Gasteiger partial charge in [-0.25, -0.2) is 0 Å². The molecule has 4 nitrogen and oxygen atoms in total. The van der Waals surface area contributed by atoms with Crippen molar-refractivity contribution in [2.75, 3.05) is 10.6 Å². The minimum absolute atomic E-state index is 0.423. The summed E-state index contributed by atoms with van der Waals surface area (Å²) in [5, 5.41) is 5.26. The van der Waals surface area contributed by atoms with E-state index in [1.807, 2.05) is 38.1 Å². The zero-order valence-corrected chi connectivity index (χ0v) is 13.9. The van der Waals surface area contributed by atoms with Crippen LogP contribution in [0, 0.1) is 13.8 Å². The highest BCUT2D eigenvalue weighted by atomic mass is 16.2. The summed E-state index contributed by atoms with van der Waals surface area (Å²) in [6.45, 7) is 8.07. The largest absolute Gasteiger partial charge is 0.318 e. The van der Waals surface area contributed by atoms with Crippen molar-refractivity contribution in [3.63, 3.8) is 0 Å². The number of rotatable bonds is 3. The molecule has 0 unspecified atom stereocenters. The molecule has 0 bridgehead atoms. The highest BCUT2D eigenvalue weighted by Crippen LogP contribution is 2.19. The van der Waals surface area contributed by atoms with Gasteiger partial charge in [-0.3, -0.25) is 9.59 Å². The Morgan fingerprint density at radius 2 is 1.48 bits per heavy atom. The Balaban J connectivity index is 2.02. The summed E-state index contributed by atoms with van der Waals surface area (Å²) in [6.07, 6.45) is 0. The van der Waals surface area contributed by atoms with Gasteiger partial charge in [0, 0.05) is 11.4 Å². The Labute approximate surface area is 136 Å². The van der Waals surface area contributed by atoms with Gasteiger partial charge in [0.15, 0.2) is 0 Å². The molecular weight excluding hydrogens is 288 g/mol. The SMILES string of the molecule is Cc1cccc(NC(=O)C(=O)Nc2ccc(C(C)C)cc2)c1C. The molecule has 2 aromatic carbocycles. The van der Waals surface area contributed by atoms with Crippen LogP contribution in [0.25, 0.3) is 0 Å². The van der Waals surface area contributed by atoms with Gasteiger partial charge in [-0.2, -0.15) is 0 Å². The quantitative estimate of drug-likeness (QED) is 0.842.